The van der Waals surface area contributed by atoms with E-state index in [1.165, 1.54) is 0 Å². The number of hydrogen-bond acceptors (Lipinski definition) is 4. The van der Waals surface area contributed by atoms with Gasteiger partial charge in [-0.25, -0.2) is 0 Å². The second-order valence-corrected chi connectivity index (χ2v) is 5.22. The van der Waals surface area contributed by atoms with E-state index in [4.69, 9.17) is 9.47 Å². The summed E-state index contributed by atoms with van der Waals surface area (Å²) in [6.07, 6.45) is 2.28. The Morgan fingerprint density at radius 2 is 2.33 bits per heavy atom. The molecule has 4 nitrogen and oxygen atoms in total. The Morgan fingerprint density at radius 3 is 3.00 bits per heavy atom. The van der Waals surface area contributed by atoms with Gasteiger partial charge in [0.1, 0.15) is 5.60 Å². The summed E-state index contributed by atoms with van der Waals surface area (Å²) in [5.41, 5.74) is 0.605. The van der Waals surface area contributed by atoms with Gasteiger partial charge in [0.2, 0.25) is 0 Å². The number of pyridine rings is 1. The molecule has 1 atom stereocenters. The summed E-state index contributed by atoms with van der Waals surface area (Å²) in [6.45, 7) is 5.44. The van der Waals surface area contributed by atoms with Crippen LogP contribution in [0.25, 0.3) is 0 Å². The number of nitrogens with zero attached hydrogens (tertiary/aromatic N) is 1. The number of aliphatic hydroxyl groups is 1. The average molecular weight is 251 g/mol. The van der Waals surface area contributed by atoms with Gasteiger partial charge in [0, 0.05) is 6.61 Å². The van der Waals surface area contributed by atoms with Crippen molar-refractivity contribution in [3.63, 3.8) is 0 Å². The van der Waals surface area contributed by atoms with E-state index < -0.39 is 5.60 Å². The first-order chi connectivity index (χ1) is 8.55. The van der Waals surface area contributed by atoms with E-state index in [0.717, 1.165) is 25.1 Å². The molecular weight excluding hydrogens is 230 g/mol. The average Bonchev–Trinajstić information content (AvgIpc) is 2.37. The lowest BCUT2D eigenvalue weighted by molar-refractivity contribution is -0.0578. The Bertz CT molecular complexity index is 381. The fourth-order valence-corrected chi connectivity index (χ4v) is 1.95. The van der Waals surface area contributed by atoms with Crippen LogP contribution in [0.3, 0.4) is 0 Å². The van der Waals surface area contributed by atoms with Gasteiger partial charge in [0.05, 0.1) is 30.7 Å². The maximum atomic E-state index is 9.91. The van der Waals surface area contributed by atoms with Gasteiger partial charge in [0.15, 0.2) is 0 Å². The van der Waals surface area contributed by atoms with E-state index >= 15 is 0 Å². The van der Waals surface area contributed by atoms with E-state index in [-0.39, 0.29) is 6.10 Å². The van der Waals surface area contributed by atoms with Gasteiger partial charge in [-0.1, -0.05) is 6.07 Å². The summed E-state index contributed by atoms with van der Waals surface area (Å²) in [4.78, 5) is 4.41. The number of ether oxygens (including phenoxy) is 2. The van der Waals surface area contributed by atoms with Gasteiger partial charge >= 0.3 is 0 Å². The Hall–Kier alpha value is -0.970. The minimum absolute atomic E-state index is 0.173. The number of aromatic nitrogens is 1. The SMILES string of the molecule is CC(C)(O)c1cccc(COC2CCCOC2)n1. The highest BCUT2D eigenvalue weighted by Gasteiger charge is 2.18. The molecule has 0 bridgehead atoms. The molecule has 4 heteroatoms. The van der Waals surface area contributed by atoms with Crippen LogP contribution in [0.4, 0.5) is 0 Å². The molecule has 1 N–H and O–H groups in total. The Labute approximate surface area is 108 Å². The standard InChI is InChI=1S/C14H21NO3/c1-14(2,16)13-7-3-5-11(15-13)9-18-12-6-4-8-17-10-12/h3,5,7,12,16H,4,6,8-10H2,1-2H3. The molecule has 0 radical (unpaired) electrons. The van der Waals surface area contributed by atoms with Gasteiger partial charge in [0.25, 0.3) is 0 Å². The molecule has 1 aromatic rings. The van der Waals surface area contributed by atoms with Crippen LogP contribution in [0.2, 0.25) is 0 Å². The first kappa shape index (κ1) is 13.5. The van der Waals surface area contributed by atoms with Gasteiger partial charge in [-0.05, 0) is 38.8 Å². The van der Waals surface area contributed by atoms with Gasteiger partial charge in [-0.3, -0.25) is 4.98 Å². The third kappa shape index (κ3) is 3.77. The Morgan fingerprint density at radius 1 is 1.50 bits per heavy atom. The second-order valence-electron chi connectivity index (χ2n) is 5.22. The van der Waals surface area contributed by atoms with Crippen LogP contribution in [-0.2, 0) is 21.7 Å². The van der Waals surface area contributed by atoms with Crippen LogP contribution in [0, 0.1) is 0 Å². The molecular formula is C14H21NO3. The summed E-state index contributed by atoms with van der Waals surface area (Å²) in [6, 6.07) is 5.64. The van der Waals surface area contributed by atoms with E-state index in [9.17, 15) is 5.11 Å². The summed E-state index contributed by atoms with van der Waals surface area (Å²) in [5.74, 6) is 0. The van der Waals surface area contributed by atoms with Crippen LogP contribution in [0.15, 0.2) is 18.2 Å². The number of rotatable bonds is 4. The summed E-state index contributed by atoms with van der Waals surface area (Å²) in [7, 11) is 0. The third-order valence-corrected chi connectivity index (χ3v) is 3.02. The molecule has 1 saturated heterocycles. The van der Waals surface area contributed by atoms with Crippen molar-refractivity contribution < 1.29 is 14.6 Å². The molecule has 1 unspecified atom stereocenters. The predicted octanol–water partition coefficient (Wildman–Crippen LogP) is 2.00. The zero-order valence-corrected chi connectivity index (χ0v) is 11.1. The molecule has 2 heterocycles. The third-order valence-electron chi connectivity index (χ3n) is 3.02. The maximum Gasteiger partial charge on any atom is 0.101 e. The van der Waals surface area contributed by atoms with Crippen molar-refractivity contribution in [3.8, 4) is 0 Å². The summed E-state index contributed by atoms with van der Waals surface area (Å²) in [5, 5.41) is 9.91. The van der Waals surface area contributed by atoms with Crippen molar-refractivity contribution in [2.45, 2.75) is 45.0 Å². The van der Waals surface area contributed by atoms with Crippen molar-refractivity contribution in [3.05, 3.63) is 29.6 Å². The molecule has 2 rings (SSSR count). The van der Waals surface area contributed by atoms with Gasteiger partial charge in [-0.15, -0.1) is 0 Å². The largest absolute Gasteiger partial charge is 0.384 e. The molecule has 0 aromatic carbocycles. The normalized spacial score (nSPS) is 20.9. The Balaban J connectivity index is 1.92. The quantitative estimate of drug-likeness (QED) is 0.889. The van der Waals surface area contributed by atoms with Crippen molar-refractivity contribution in [2.24, 2.45) is 0 Å². The van der Waals surface area contributed by atoms with Crippen molar-refractivity contribution in [1.82, 2.24) is 4.98 Å². The van der Waals surface area contributed by atoms with E-state index in [0.29, 0.717) is 18.9 Å². The van der Waals surface area contributed by atoms with Crippen LogP contribution >= 0.6 is 0 Å². The first-order valence-corrected chi connectivity index (χ1v) is 6.44. The van der Waals surface area contributed by atoms with Crippen molar-refractivity contribution in [2.75, 3.05) is 13.2 Å². The highest BCUT2D eigenvalue weighted by Crippen LogP contribution is 2.18. The summed E-state index contributed by atoms with van der Waals surface area (Å²) < 4.78 is 11.1. The fraction of sp³-hybridized carbons (Fsp3) is 0.643. The lowest BCUT2D eigenvalue weighted by atomic mass is 10.0. The maximum absolute atomic E-state index is 9.91. The molecule has 18 heavy (non-hydrogen) atoms. The lowest BCUT2D eigenvalue weighted by Gasteiger charge is -2.22. The van der Waals surface area contributed by atoms with E-state index in [2.05, 4.69) is 4.98 Å². The van der Waals surface area contributed by atoms with Crippen LogP contribution in [-0.4, -0.2) is 29.4 Å². The molecule has 1 aliphatic heterocycles. The van der Waals surface area contributed by atoms with Crippen LogP contribution in [0.1, 0.15) is 38.1 Å². The predicted molar refractivity (Wildman–Crippen MR) is 68.1 cm³/mol. The van der Waals surface area contributed by atoms with Crippen molar-refractivity contribution >= 4 is 0 Å². The van der Waals surface area contributed by atoms with Gasteiger partial charge < -0.3 is 14.6 Å². The number of hydrogen-bond donors (Lipinski definition) is 1. The second kappa shape index (κ2) is 5.78. The summed E-state index contributed by atoms with van der Waals surface area (Å²) >= 11 is 0. The molecule has 0 aliphatic carbocycles. The van der Waals surface area contributed by atoms with Crippen molar-refractivity contribution in [1.29, 1.82) is 0 Å². The van der Waals surface area contributed by atoms with Crippen LogP contribution < -0.4 is 0 Å². The van der Waals surface area contributed by atoms with E-state index in [1.807, 2.05) is 18.2 Å². The minimum Gasteiger partial charge on any atom is -0.384 e. The zero-order valence-electron chi connectivity index (χ0n) is 11.1. The van der Waals surface area contributed by atoms with Gasteiger partial charge in [-0.2, -0.15) is 0 Å². The zero-order chi connectivity index (χ0) is 13.0. The fourth-order valence-electron chi connectivity index (χ4n) is 1.95. The molecule has 100 valence electrons. The smallest absolute Gasteiger partial charge is 0.101 e. The molecule has 1 aromatic heterocycles. The molecule has 0 saturated carbocycles. The lowest BCUT2D eigenvalue weighted by Crippen LogP contribution is -2.25. The molecule has 1 aliphatic rings. The molecule has 0 spiro atoms. The molecule has 1 fully saturated rings. The van der Waals surface area contributed by atoms with E-state index in [1.54, 1.807) is 13.8 Å². The first-order valence-electron chi connectivity index (χ1n) is 6.44. The monoisotopic (exact) mass is 251 g/mol. The molecule has 0 amide bonds. The highest BCUT2D eigenvalue weighted by molar-refractivity contribution is 5.15. The topological polar surface area (TPSA) is 51.6 Å². The van der Waals surface area contributed by atoms with Crippen LogP contribution in [0.5, 0.6) is 0 Å². The minimum atomic E-state index is -0.913. The highest BCUT2D eigenvalue weighted by atomic mass is 16.5. The Kier molecular flexibility index (Phi) is 4.32.